The topological polar surface area (TPSA) is 54.5 Å². The van der Waals surface area contributed by atoms with Crippen LogP contribution in [0, 0.1) is 5.82 Å². The van der Waals surface area contributed by atoms with E-state index in [1.807, 2.05) is 12.1 Å². The summed E-state index contributed by atoms with van der Waals surface area (Å²) in [7, 11) is 0. The fourth-order valence-electron chi connectivity index (χ4n) is 2.72. The van der Waals surface area contributed by atoms with Crippen LogP contribution in [0.2, 0.25) is 0 Å². The Morgan fingerprint density at radius 1 is 1.25 bits per heavy atom. The molecular formula is C18H20FN3O2. The zero-order valence-corrected chi connectivity index (χ0v) is 13.3. The van der Waals surface area contributed by atoms with Crippen LogP contribution in [-0.4, -0.2) is 35.1 Å². The molecule has 2 heterocycles. The predicted molar refractivity (Wildman–Crippen MR) is 88.1 cm³/mol. The number of hydrogen-bond donors (Lipinski definition) is 1. The standard InChI is InChI=1S/C18H20FN3O2/c19-15-5-3-14(4-6-15)12-21-18(23)22-11-1-2-17(13-22)24-16-7-9-20-10-8-16/h3-10,17H,1-2,11-13H2,(H,21,23). The van der Waals surface area contributed by atoms with E-state index >= 15 is 0 Å². The summed E-state index contributed by atoms with van der Waals surface area (Å²) < 4.78 is 18.8. The quantitative estimate of drug-likeness (QED) is 0.938. The number of ether oxygens (including phenoxy) is 1. The maximum atomic E-state index is 12.9. The SMILES string of the molecule is O=C(NCc1ccc(F)cc1)N1CCCC(Oc2ccncc2)C1. The first-order valence-electron chi connectivity index (χ1n) is 8.04. The number of aromatic nitrogens is 1. The van der Waals surface area contributed by atoms with Crippen LogP contribution in [0.5, 0.6) is 5.75 Å². The molecular weight excluding hydrogens is 309 g/mol. The number of piperidine rings is 1. The third-order valence-corrected chi connectivity index (χ3v) is 3.97. The molecule has 1 unspecified atom stereocenters. The molecule has 24 heavy (non-hydrogen) atoms. The highest BCUT2D eigenvalue weighted by Gasteiger charge is 2.24. The van der Waals surface area contributed by atoms with Crippen molar-refractivity contribution in [3.63, 3.8) is 0 Å². The molecule has 3 rings (SSSR count). The Kier molecular flexibility index (Phi) is 5.25. The molecule has 2 amide bonds. The Balaban J connectivity index is 1.50. The molecule has 0 saturated carbocycles. The van der Waals surface area contributed by atoms with Crippen LogP contribution in [0.3, 0.4) is 0 Å². The molecule has 1 aromatic carbocycles. The smallest absolute Gasteiger partial charge is 0.317 e. The minimum absolute atomic E-state index is 0.0160. The number of nitrogens with zero attached hydrogens (tertiary/aromatic N) is 2. The molecule has 5 nitrogen and oxygen atoms in total. The first kappa shape index (κ1) is 16.2. The number of carbonyl (C=O) groups excluding carboxylic acids is 1. The van der Waals surface area contributed by atoms with E-state index in [0.717, 1.165) is 24.2 Å². The van der Waals surface area contributed by atoms with Gasteiger partial charge < -0.3 is 15.0 Å². The number of likely N-dealkylation sites (tertiary alicyclic amines) is 1. The van der Waals surface area contributed by atoms with Crippen LogP contribution in [0.25, 0.3) is 0 Å². The van der Waals surface area contributed by atoms with Crippen molar-refractivity contribution < 1.29 is 13.9 Å². The van der Waals surface area contributed by atoms with Crippen molar-refractivity contribution in [2.75, 3.05) is 13.1 Å². The van der Waals surface area contributed by atoms with Gasteiger partial charge >= 0.3 is 6.03 Å². The number of benzene rings is 1. The molecule has 0 spiro atoms. The van der Waals surface area contributed by atoms with Gasteiger partial charge in [0.2, 0.25) is 0 Å². The van der Waals surface area contributed by atoms with Crippen molar-refractivity contribution >= 4 is 6.03 Å². The summed E-state index contributed by atoms with van der Waals surface area (Å²) in [6, 6.07) is 9.62. The second-order valence-electron chi connectivity index (χ2n) is 5.80. The van der Waals surface area contributed by atoms with Gasteiger partial charge in [-0.1, -0.05) is 12.1 Å². The van der Waals surface area contributed by atoms with Crippen molar-refractivity contribution in [1.29, 1.82) is 0 Å². The summed E-state index contributed by atoms with van der Waals surface area (Å²) in [6.45, 7) is 1.65. The third-order valence-electron chi connectivity index (χ3n) is 3.97. The summed E-state index contributed by atoms with van der Waals surface area (Å²) in [5.74, 6) is 0.487. The van der Waals surface area contributed by atoms with E-state index in [-0.39, 0.29) is 18.0 Å². The minimum atomic E-state index is -0.280. The number of amides is 2. The van der Waals surface area contributed by atoms with Crippen molar-refractivity contribution in [2.45, 2.75) is 25.5 Å². The lowest BCUT2D eigenvalue weighted by molar-refractivity contribution is 0.101. The van der Waals surface area contributed by atoms with Gasteiger partial charge in [0.15, 0.2) is 0 Å². The average molecular weight is 329 g/mol. The molecule has 6 heteroatoms. The first-order chi connectivity index (χ1) is 11.7. The van der Waals surface area contributed by atoms with Gasteiger partial charge in [0, 0.05) is 25.5 Å². The second-order valence-corrected chi connectivity index (χ2v) is 5.80. The van der Waals surface area contributed by atoms with Crippen molar-refractivity contribution in [3.8, 4) is 5.75 Å². The average Bonchev–Trinajstić information content (AvgIpc) is 2.62. The number of nitrogens with one attached hydrogen (secondary N) is 1. The lowest BCUT2D eigenvalue weighted by atomic mass is 10.1. The van der Waals surface area contributed by atoms with E-state index in [1.54, 1.807) is 29.4 Å². The molecule has 1 fully saturated rings. The van der Waals surface area contributed by atoms with E-state index < -0.39 is 0 Å². The summed E-state index contributed by atoms with van der Waals surface area (Å²) in [5, 5.41) is 2.87. The van der Waals surface area contributed by atoms with Crippen molar-refractivity contribution in [1.82, 2.24) is 15.2 Å². The van der Waals surface area contributed by atoms with E-state index in [0.29, 0.717) is 19.6 Å². The Morgan fingerprint density at radius 2 is 2.00 bits per heavy atom. The molecule has 1 aromatic heterocycles. The number of rotatable bonds is 4. The Labute approximate surface area is 140 Å². The van der Waals surface area contributed by atoms with Gasteiger partial charge in [0.25, 0.3) is 0 Å². The van der Waals surface area contributed by atoms with Crippen LogP contribution < -0.4 is 10.1 Å². The summed E-state index contributed by atoms with van der Waals surface area (Å²) in [6.07, 6.45) is 5.18. The first-order valence-corrected chi connectivity index (χ1v) is 8.04. The number of halogens is 1. The highest BCUT2D eigenvalue weighted by molar-refractivity contribution is 5.74. The molecule has 0 radical (unpaired) electrons. The second kappa shape index (κ2) is 7.77. The Hall–Kier alpha value is -2.63. The number of urea groups is 1. The van der Waals surface area contributed by atoms with E-state index in [4.69, 9.17) is 4.74 Å². The monoisotopic (exact) mass is 329 g/mol. The summed E-state index contributed by atoms with van der Waals surface area (Å²) in [4.78, 5) is 18.0. The highest BCUT2D eigenvalue weighted by atomic mass is 19.1. The van der Waals surface area contributed by atoms with E-state index in [2.05, 4.69) is 10.3 Å². The fourth-order valence-corrected chi connectivity index (χ4v) is 2.72. The summed E-state index contributed by atoms with van der Waals surface area (Å²) in [5.41, 5.74) is 0.867. The van der Waals surface area contributed by atoms with E-state index in [1.165, 1.54) is 12.1 Å². The zero-order valence-electron chi connectivity index (χ0n) is 13.3. The van der Waals surface area contributed by atoms with Gasteiger partial charge in [-0.15, -0.1) is 0 Å². The van der Waals surface area contributed by atoms with Crippen LogP contribution in [-0.2, 0) is 6.54 Å². The molecule has 126 valence electrons. The normalized spacial score (nSPS) is 17.4. The maximum Gasteiger partial charge on any atom is 0.317 e. The van der Waals surface area contributed by atoms with Crippen molar-refractivity contribution in [2.24, 2.45) is 0 Å². The number of carbonyl (C=O) groups is 1. The van der Waals surface area contributed by atoms with Gasteiger partial charge in [0.05, 0.1) is 6.54 Å². The molecule has 1 saturated heterocycles. The van der Waals surface area contributed by atoms with Crippen molar-refractivity contribution in [3.05, 3.63) is 60.2 Å². The third kappa shape index (κ3) is 4.44. The maximum absolute atomic E-state index is 12.9. The fraction of sp³-hybridized carbons (Fsp3) is 0.333. The van der Waals surface area contributed by atoms with Crippen LogP contribution in [0.15, 0.2) is 48.8 Å². The van der Waals surface area contributed by atoms with Gasteiger partial charge in [-0.05, 0) is 42.7 Å². The van der Waals surface area contributed by atoms with Gasteiger partial charge in [0.1, 0.15) is 17.7 Å². The number of pyridine rings is 1. The molecule has 1 atom stereocenters. The summed E-state index contributed by atoms with van der Waals surface area (Å²) >= 11 is 0. The largest absolute Gasteiger partial charge is 0.488 e. The Morgan fingerprint density at radius 3 is 2.75 bits per heavy atom. The molecule has 1 aliphatic rings. The van der Waals surface area contributed by atoms with Crippen LogP contribution in [0.1, 0.15) is 18.4 Å². The molecule has 2 aromatic rings. The van der Waals surface area contributed by atoms with Gasteiger partial charge in [-0.2, -0.15) is 0 Å². The van der Waals surface area contributed by atoms with Gasteiger partial charge in [-0.25, -0.2) is 9.18 Å². The highest BCUT2D eigenvalue weighted by Crippen LogP contribution is 2.17. The zero-order chi connectivity index (χ0) is 16.8. The minimum Gasteiger partial charge on any atom is -0.488 e. The molecule has 1 aliphatic heterocycles. The molecule has 0 bridgehead atoms. The molecule has 1 N–H and O–H groups in total. The van der Waals surface area contributed by atoms with Gasteiger partial charge in [-0.3, -0.25) is 4.98 Å². The van der Waals surface area contributed by atoms with Crippen LogP contribution in [0.4, 0.5) is 9.18 Å². The lowest BCUT2D eigenvalue weighted by Gasteiger charge is -2.32. The number of hydrogen-bond acceptors (Lipinski definition) is 3. The molecule has 0 aliphatic carbocycles. The Bertz CT molecular complexity index is 664. The lowest BCUT2D eigenvalue weighted by Crippen LogP contribution is -2.48. The van der Waals surface area contributed by atoms with Crippen LogP contribution >= 0.6 is 0 Å². The predicted octanol–water partition coefficient (Wildman–Crippen LogP) is 2.97. The van der Waals surface area contributed by atoms with E-state index in [9.17, 15) is 9.18 Å².